The lowest BCUT2D eigenvalue weighted by molar-refractivity contribution is -0.137. The molecule has 0 amide bonds. The Hall–Kier alpha value is -3.23. The fourth-order valence-corrected chi connectivity index (χ4v) is 2.91. The van der Waals surface area contributed by atoms with Crippen molar-refractivity contribution in [1.82, 2.24) is 0 Å². The van der Waals surface area contributed by atoms with Crippen LogP contribution in [0.5, 0.6) is 0 Å². The summed E-state index contributed by atoms with van der Waals surface area (Å²) in [4.78, 5) is 12.2. The lowest BCUT2D eigenvalue weighted by Crippen LogP contribution is -2.08. The van der Waals surface area contributed by atoms with Crippen molar-refractivity contribution in [3.8, 4) is 12.1 Å². The van der Waals surface area contributed by atoms with E-state index in [9.17, 15) is 18.0 Å². The Balaban J connectivity index is 2.22. The van der Waals surface area contributed by atoms with Crippen molar-refractivity contribution in [2.24, 2.45) is 0 Å². The molecule has 27 heavy (non-hydrogen) atoms. The molecule has 0 saturated heterocycles. The molecular weight excluding hydrogens is 375 g/mol. The number of halogens is 3. The Kier molecular flexibility index (Phi) is 6.64. The Labute approximate surface area is 157 Å². The highest BCUT2D eigenvalue weighted by molar-refractivity contribution is 8.03. The van der Waals surface area contributed by atoms with E-state index < -0.39 is 11.7 Å². The maximum atomic E-state index is 12.8. The molecular formula is C19H12F3N3OS. The smallest absolute Gasteiger partial charge is 0.349 e. The van der Waals surface area contributed by atoms with Crippen molar-refractivity contribution in [1.29, 1.82) is 10.5 Å². The summed E-state index contributed by atoms with van der Waals surface area (Å²) in [6, 6.07) is 16.1. The van der Waals surface area contributed by atoms with Gasteiger partial charge in [0.1, 0.15) is 17.2 Å². The van der Waals surface area contributed by atoms with E-state index in [2.05, 4.69) is 5.32 Å². The van der Waals surface area contributed by atoms with Gasteiger partial charge in [-0.05, 0) is 18.2 Å². The number of carbonyl (C=O) groups excluding carboxylic acids is 1. The van der Waals surface area contributed by atoms with Gasteiger partial charge in [-0.2, -0.15) is 23.7 Å². The van der Waals surface area contributed by atoms with Crippen LogP contribution in [0.2, 0.25) is 0 Å². The second-order valence-electron chi connectivity index (χ2n) is 5.21. The van der Waals surface area contributed by atoms with Crippen LogP contribution in [0.25, 0.3) is 0 Å². The Morgan fingerprint density at radius 3 is 2.30 bits per heavy atom. The first kappa shape index (κ1) is 20.1. The van der Waals surface area contributed by atoms with Gasteiger partial charge < -0.3 is 5.32 Å². The predicted octanol–water partition coefficient (Wildman–Crippen LogP) is 4.99. The van der Waals surface area contributed by atoms with E-state index in [1.54, 1.807) is 42.5 Å². The number of nitriles is 2. The number of nitrogens with one attached hydrogen (secondary N) is 1. The molecule has 0 aromatic heterocycles. The lowest BCUT2D eigenvalue weighted by atomic mass is 10.2. The summed E-state index contributed by atoms with van der Waals surface area (Å²) in [7, 11) is 0. The first-order valence-corrected chi connectivity index (χ1v) is 8.53. The fraction of sp³-hybridized carbons (Fsp3) is 0.105. The van der Waals surface area contributed by atoms with Crippen LogP contribution < -0.4 is 5.32 Å². The monoisotopic (exact) mass is 387 g/mol. The number of rotatable bonds is 6. The largest absolute Gasteiger partial charge is 0.416 e. The summed E-state index contributed by atoms with van der Waals surface area (Å²) < 4.78 is 38.5. The minimum absolute atomic E-state index is 0.0172. The fourth-order valence-electron chi connectivity index (χ4n) is 2.05. The van der Waals surface area contributed by atoms with Gasteiger partial charge in [-0.1, -0.05) is 48.2 Å². The first-order valence-electron chi connectivity index (χ1n) is 7.55. The Bertz CT molecular complexity index is 925. The van der Waals surface area contributed by atoms with E-state index in [0.29, 0.717) is 5.56 Å². The van der Waals surface area contributed by atoms with Crippen molar-refractivity contribution >= 4 is 23.2 Å². The summed E-state index contributed by atoms with van der Waals surface area (Å²) in [5.41, 5.74) is -0.674. The van der Waals surface area contributed by atoms with E-state index in [0.717, 1.165) is 23.9 Å². The minimum atomic E-state index is -4.52. The molecule has 0 aliphatic heterocycles. The van der Waals surface area contributed by atoms with E-state index in [1.165, 1.54) is 12.1 Å². The van der Waals surface area contributed by atoms with E-state index in [1.807, 2.05) is 0 Å². The van der Waals surface area contributed by atoms with Gasteiger partial charge in [0.05, 0.1) is 11.3 Å². The van der Waals surface area contributed by atoms with Crippen molar-refractivity contribution in [3.63, 3.8) is 0 Å². The molecule has 4 nitrogen and oxygen atoms in total. The molecule has 0 aliphatic carbocycles. The number of hydrogen-bond donors (Lipinski definition) is 1. The van der Waals surface area contributed by atoms with Crippen LogP contribution in [0.15, 0.2) is 65.2 Å². The number of carbonyl (C=O) groups is 1. The molecule has 2 rings (SSSR count). The number of thioether (sulfide) groups is 1. The van der Waals surface area contributed by atoms with Gasteiger partial charge in [0.15, 0.2) is 11.4 Å². The van der Waals surface area contributed by atoms with E-state index in [-0.39, 0.29) is 27.8 Å². The highest BCUT2D eigenvalue weighted by Gasteiger charge is 2.30. The van der Waals surface area contributed by atoms with Crippen molar-refractivity contribution in [2.45, 2.75) is 6.18 Å². The summed E-state index contributed by atoms with van der Waals surface area (Å²) in [5, 5.41) is 20.8. The van der Waals surface area contributed by atoms with Crippen LogP contribution in [0.3, 0.4) is 0 Å². The van der Waals surface area contributed by atoms with Crippen molar-refractivity contribution in [2.75, 3.05) is 11.1 Å². The molecule has 0 radical (unpaired) electrons. The van der Waals surface area contributed by atoms with Crippen molar-refractivity contribution in [3.05, 3.63) is 76.3 Å². The summed E-state index contributed by atoms with van der Waals surface area (Å²) in [6.45, 7) is 0. The van der Waals surface area contributed by atoms with Crippen LogP contribution >= 0.6 is 11.8 Å². The predicted molar refractivity (Wildman–Crippen MR) is 96.5 cm³/mol. The van der Waals surface area contributed by atoms with Crippen molar-refractivity contribution < 1.29 is 18.0 Å². The van der Waals surface area contributed by atoms with Crippen LogP contribution in [0.1, 0.15) is 15.9 Å². The van der Waals surface area contributed by atoms with Gasteiger partial charge >= 0.3 is 6.18 Å². The topological polar surface area (TPSA) is 76.7 Å². The molecule has 0 heterocycles. The molecule has 0 spiro atoms. The number of Topliss-reactive ketones (excluding diaryl/α,β-unsaturated/α-hetero) is 1. The molecule has 0 atom stereocenters. The molecule has 0 aliphatic rings. The average molecular weight is 387 g/mol. The van der Waals surface area contributed by atoms with Gasteiger partial charge in [0, 0.05) is 11.3 Å². The molecule has 0 fully saturated rings. The van der Waals surface area contributed by atoms with Crippen LogP contribution in [0.4, 0.5) is 18.9 Å². The molecule has 1 N–H and O–H groups in total. The van der Waals surface area contributed by atoms with E-state index >= 15 is 0 Å². The number of alkyl halides is 3. The van der Waals surface area contributed by atoms with Gasteiger partial charge in [0.25, 0.3) is 0 Å². The molecule has 0 saturated carbocycles. The van der Waals surface area contributed by atoms with Crippen LogP contribution in [0, 0.1) is 22.7 Å². The van der Waals surface area contributed by atoms with Crippen LogP contribution in [-0.4, -0.2) is 11.5 Å². The number of hydrogen-bond acceptors (Lipinski definition) is 5. The van der Waals surface area contributed by atoms with Gasteiger partial charge in [-0.3, -0.25) is 4.79 Å². The first-order chi connectivity index (χ1) is 12.8. The molecule has 2 aromatic rings. The van der Waals surface area contributed by atoms with Gasteiger partial charge in [-0.25, -0.2) is 0 Å². The Morgan fingerprint density at radius 2 is 1.70 bits per heavy atom. The molecule has 0 bridgehead atoms. The summed E-state index contributed by atoms with van der Waals surface area (Å²) in [5.74, 6) is -0.322. The highest BCUT2D eigenvalue weighted by Crippen LogP contribution is 2.32. The van der Waals surface area contributed by atoms with Crippen LogP contribution in [-0.2, 0) is 6.18 Å². The number of anilines is 1. The summed E-state index contributed by atoms with van der Waals surface area (Å²) >= 11 is 0.883. The zero-order valence-corrected chi connectivity index (χ0v) is 14.6. The maximum absolute atomic E-state index is 12.8. The third kappa shape index (κ3) is 5.63. The Morgan fingerprint density at radius 1 is 1.04 bits per heavy atom. The number of benzene rings is 2. The third-order valence-electron chi connectivity index (χ3n) is 3.34. The van der Waals surface area contributed by atoms with Gasteiger partial charge in [-0.15, -0.1) is 0 Å². The zero-order valence-electron chi connectivity index (χ0n) is 13.7. The minimum Gasteiger partial charge on any atom is -0.349 e. The lowest BCUT2D eigenvalue weighted by Gasteiger charge is -2.13. The average Bonchev–Trinajstić information content (AvgIpc) is 2.67. The zero-order chi connectivity index (χ0) is 19.9. The molecule has 0 unspecified atom stereocenters. The second kappa shape index (κ2) is 8.93. The normalized spacial score (nSPS) is 10.4. The third-order valence-corrected chi connectivity index (χ3v) is 4.34. The highest BCUT2D eigenvalue weighted by atomic mass is 32.2. The standard InChI is InChI=1S/C19H12F3N3OS/c20-19(21,22)15-7-4-8-16(9-15)25-18(14(10-23)11-24)27-12-17(26)13-5-2-1-3-6-13/h1-9,25H,12H2. The second-order valence-corrected chi connectivity index (χ2v) is 6.19. The molecule has 2 aromatic carbocycles. The number of ketones is 1. The molecule has 8 heteroatoms. The molecule has 136 valence electrons. The van der Waals surface area contributed by atoms with E-state index in [4.69, 9.17) is 10.5 Å². The maximum Gasteiger partial charge on any atom is 0.416 e. The number of allylic oxidation sites excluding steroid dienone is 1. The quantitative estimate of drug-likeness (QED) is 0.558. The van der Waals surface area contributed by atoms with Gasteiger partial charge in [0.2, 0.25) is 0 Å². The SMILES string of the molecule is N#CC(C#N)=C(Nc1cccc(C(F)(F)F)c1)SCC(=O)c1ccccc1. The number of nitrogens with zero attached hydrogens (tertiary/aromatic N) is 2. The summed E-state index contributed by atoms with van der Waals surface area (Å²) in [6.07, 6.45) is -4.52.